The second-order valence-corrected chi connectivity index (χ2v) is 4.99. The molecule has 3 heteroatoms. The van der Waals surface area contributed by atoms with E-state index < -0.39 is 0 Å². The molecule has 0 fully saturated rings. The number of nitrogens with zero attached hydrogens (tertiary/aromatic N) is 1. The molecule has 0 bridgehead atoms. The van der Waals surface area contributed by atoms with Crippen LogP contribution in [0.25, 0.3) is 15.3 Å². The molecule has 0 N–H and O–H groups in total. The molecule has 3 rings (SSSR count). The lowest BCUT2D eigenvalue weighted by atomic mass is 10.2. The van der Waals surface area contributed by atoms with E-state index in [4.69, 9.17) is 11.6 Å². The number of pyridine rings is 1. The molecule has 1 nitrogen and oxygen atoms in total. The lowest BCUT2D eigenvalue weighted by Crippen LogP contribution is -2.15. The minimum absolute atomic E-state index is 0.801. The van der Waals surface area contributed by atoms with Gasteiger partial charge in [0.05, 0.1) is 0 Å². The maximum absolute atomic E-state index is 6.18. The third-order valence-electron chi connectivity index (χ3n) is 2.46. The van der Waals surface area contributed by atoms with Crippen molar-refractivity contribution in [3.63, 3.8) is 0 Å². The predicted octanol–water partition coefficient (Wildman–Crippen LogP) is 3.81. The molecular weight excluding hydrogens is 238 g/mol. The van der Waals surface area contributed by atoms with E-state index in [9.17, 15) is 0 Å². The van der Waals surface area contributed by atoms with Gasteiger partial charge in [0.25, 0.3) is 4.83 Å². The molecule has 0 aliphatic rings. The minimum atomic E-state index is 0.801. The van der Waals surface area contributed by atoms with E-state index in [2.05, 4.69) is 16.7 Å². The zero-order valence-corrected chi connectivity index (χ0v) is 10.0. The van der Waals surface area contributed by atoms with Crippen molar-refractivity contribution in [1.29, 1.82) is 0 Å². The first-order chi connectivity index (χ1) is 7.84. The second kappa shape index (κ2) is 3.89. The molecule has 2 heterocycles. The van der Waals surface area contributed by atoms with Gasteiger partial charge in [-0.1, -0.05) is 41.1 Å². The Kier molecular flexibility index (Phi) is 2.39. The van der Waals surface area contributed by atoms with Crippen molar-refractivity contribution in [3.05, 3.63) is 59.9 Å². The number of hydrogen-bond donors (Lipinski definition) is 0. The zero-order chi connectivity index (χ0) is 11.0. The van der Waals surface area contributed by atoms with Crippen molar-refractivity contribution in [2.24, 2.45) is 0 Å². The summed E-state index contributed by atoms with van der Waals surface area (Å²) in [5.41, 5.74) is 1.10. The molecule has 16 heavy (non-hydrogen) atoms. The summed E-state index contributed by atoms with van der Waals surface area (Å²) in [4.78, 5) is 2.41. The van der Waals surface area contributed by atoms with Gasteiger partial charge in [0.2, 0.25) is 0 Å². The Labute approximate surface area is 103 Å². The maximum Gasteiger partial charge on any atom is 0.267 e. The lowest BCUT2D eigenvalue weighted by molar-refractivity contribution is -0.506. The van der Waals surface area contributed by atoms with Crippen molar-refractivity contribution in [2.45, 2.75) is 0 Å². The van der Waals surface area contributed by atoms with Crippen LogP contribution in [0.4, 0.5) is 0 Å². The number of hydrogen-bond acceptors (Lipinski definition) is 1. The van der Waals surface area contributed by atoms with Crippen molar-refractivity contribution in [3.8, 4) is 10.4 Å². The molecule has 0 aliphatic heterocycles. The van der Waals surface area contributed by atoms with Crippen LogP contribution in [-0.4, -0.2) is 0 Å². The smallest absolute Gasteiger partial charge is 0.157 e. The third-order valence-corrected chi connectivity index (χ3v) is 3.89. The highest BCUT2D eigenvalue weighted by Crippen LogP contribution is 2.31. The number of rotatable bonds is 1. The Morgan fingerprint density at radius 3 is 2.62 bits per heavy atom. The van der Waals surface area contributed by atoms with Gasteiger partial charge in [0.15, 0.2) is 12.4 Å². The molecular formula is C13H9ClNS+. The first kappa shape index (κ1) is 9.82. The van der Waals surface area contributed by atoms with Crippen molar-refractivity contribution in [2.75, 3.05) is 0 Å². The van der Waals surface area contributed by atoms with Gasteiger partial charge in [-0.25, -0.2) is 0 Å². The van der Waals surface area contributed by atoms with Gasteiger partial charge in [-0.3, -0.25) is 0 Å². The normalized spacial score (nSPS) is 10.8. The van der Waals surface area contributed by atoms with E-state index in [1.165, 1.54) is 9.71 Å². The fourth-order valence-electron chi connectivity index (χ4n) is 1.68. The van der Waals surface area contributed by atoms with Gasteiger partial charge < -0.3 is 0 Å². The maximum atomic E-state index is 6.18. The molecule has 0 aliphatic carbocycles. The van der Waals surface area contributed by atoms with Crippen LogP contribution in [0.2, 0.25) is 5.02 Å². The Morgan fingerprint density at radius 2 is 1.81 bits per heavy atom. The van der Waals surface area contributed by atoms with Gasteiger partial charge in [0, 0.05) is 22.7 Å². The van der Waals surface area contributed by atoms with Crippen molar-refractivity contribution in [1.82, 2.24) is 0 Å². The average Bonchev–Trinajstić information content (AvgIpc) is 2.73. The van der Waals surface area contributed by atoms with Crippen LogP contribution in [-0.2, 0) is 0 Å². The Hall–Kier alpha value is -1.38. The molecule has 0 atom stereocenters. The van der Waals surface area contributed by atoms with E-state index in [0.29, 0.717) is 0 Å². The summed E-state index contributed by atoms with van der Waals surface area (Å²) in [5.74, 6) is 0. The van der Waals surface area contributed by atoms with E-state index in [0.717, 1.165) is 10.6 Å². The number of benzene rings is 1. The molecule has 0 saturated heterocycles. The Bertz CT molecular complexity index is 612. The van der Waals surface area contributed by atoms with E-state index >= 15 is 0 Å². The highest BCUT2D eigenvalue weighted by molar-refractivity contribution is 7.20. The molecule has 2 aromatic heterocycles. The molecule has 0 spiro atoms. The van der Waals surface area contributed by atoms with Gasteiger partial charge in [-0.15, -0.1) is 0 Å². The summed E-state index contributed by atoms with van der Waals surface area (Å²) >= 11 is 7.93. The SMILES string of the molecule is Clc1ccccc1-c1c[n+]2ccccc2s1. The monoisotopic (exact) mass is 246 g/mol. The highest BCUT2D eigenvalue weighted by atomic mass is 35.5. The fraction of sp³-hybridized carbons (Fsp3) is 0. The van der Waals surface area contributed by atoms with Crippen LogP contribution in [0, 0.1) is 0 Å². The molecule has 78 valence electrons. The topological polar surface area (TPSA) is 4.10 Å². The molecule has 0 saturated carbocycles. The molecule has 3 aromatic rings. The van der Waals surface area contributed by atoms with Crippen LogP contribution in [0.3, 0.4) is 0 Å². The quantitative estimate of drug-likeness (QED) is 0.575. The van der Waals surface area contributed by atoms with Gasteiger partial charge in [0.1, 0.15) is 4.88 Å². The van der Waals surface area contributed by atoms with Crippen molar-refractivity contribution < 1.29 is 4.40 Å². The fourth-order valence-corrected chi connectivity index (χ4v) is 3.02. The first-order valence-electron chi connectivity index (χ1n) is 4.99. The first-order valence-corrected chi connectivity index (χ1v) is 6.19. The van der Waals surface area contributed by atoms with Crippen LogP contribution >= 0.6 is 22.9 Å². The predicted molar refractivity (Wildman–Crippen MR) is 67.9 cm³/mol. The number of halogens is 1. The summed E-state index contributed by atoms with van der Waals surface area (Å²) in [6.07, 6.45) is 4.16. The second-order valence-electron chi connectivity index (χ2n) is 3.52. The summed E-state index contributed by atoms with van der Waals surface area (Å²) < 4.78 is 2.11. The van der Waals surface area contributed by atoms with E-state index in [1.54, 1.807) is 11.3 Å². The van der Waals surface area contributed by atoms with Crippen LogP contribution in [0.1, 0.15) is 0 Å². The summed E-state index contributed by atoms with van der Waals surface area (Å²) in [7, 11) is 0. The molecule has 1 aromatic carbocycles. The third kappa shape index (κ3) is 1.60. The number of fused-ring (bicyclic) bond motifs is 1. The Balaban J connectivity index is 2.23. The largest absolute Gasteiger partial charge is 0.267 e. The Morgan fingerprint density at radius 1 is 1.00 bits per heavy atom. The van der Waals surface area contributed by atoms with E-state index in [1.807, 2.05) is 42.6 Å². The van der Waals surface area contributed by atoms with Crippen molar-refractivity contribution >= 4 is 27.8 Å². The number of aromatic nitrogens is 1. The summed E-state index contributed by atoms with van der Waals surface area (Å²) in [6.45, 7) is 0. The lowest BCUT2D eigenvalue weighted by Gasteiger charge is -1.96. The van der Waals surface area contributed by atoms with Gasteiger partial charge in [-0.05, 0) is 12.1 Å². The summed E-state index contributed by atoms with van der Waals surface area (Å²) in [6, 6.07) is 14.1. The molecule has 0 unspecified atom stereocenters. The van der Waals surface area contributed by atoms with Crippen LogP contribution in [0.15, 0.2) is 54.9 Å². The summed E-state index contributed by atoms with van der Waals surface area (Å²) in [5, 5.41) is 0.801. The van der Waals surface area contributed by atoms with Gasteiger partial charge in [-0.2, -0.15) is 4.40 Å². The zero-order valence-electron chi connectivity index (χ0n) is 8.43. The van der Waals surface area contributed by atoms with Gasteiger partial charge >= 0.3 is 0 Å². The highest BCUT2D eigenvalue weighted by Gasteiger charge is 2.12. The minimum Gasteiger partial charge on any atom is -0.157 e. The van der Waals surface area contributed by atoms with E-state index in [-0.39, 0.29) is 0 Å². The molecule has 0 amide bonds. The molecule has 0 radical (unpaired) electrons. The average molecular weight is 247 g/mol. The van der Waals surface area contributed by atoms with Crippen LogP contribution in [0.5, 0.6) is 0 Å². The van der Waals surface area contributed by atoms with Crippen LogP contribution < -0.4 is 4.40 Å². The number of thiazole rings is 1. The standard InChI is InChI=1S/C13H9ClNS/c14-11-6-2-1-5-10(11)12-9-15-8-4-3-7-13(15)16-12/h1-9H/q+1.